The standard InChI is InChI=1S/C9H5Cl2F3N2O/c10-5-1-6(16)4(2-15)7(11)8(5)17-3-9(12,13)14/h1H,3,16H2. The Morgan fingerprint density at radius 3 is 2.47 bits per heavy atom. The second kappa shape index (κ2) is 4.90. The summed E-state index contributed by atoms with van der Waals surface area (Å²) in [5, 5.41) is 8.19. The Balaban J connectivity index is 3.13. The van der Waals surface area contributed by atoms with Gasteiger partial charge < -0.3 is 10.5 Å². The van der Waals surface area contributed by atoms with Gasteiger partial charge in [-0.3, -0.25) is 0 Å². The maximum atomic E-state index is 12.0. The quantitative estimate of drug-likeness (QED) is 0.847. The van der Waals surface area contributed by atoms with Crippen LogP contribution >= 0.6 is 23.2 Å². The minimum absolute atomic E-state index is 0.0261. The molecule has 0 atom stereocenters. The van der Waals surface area contributed by atoms with E-state index in [-0.39, 0.29) is 21.3 Å². The molecule has 1 aromatic rings. The van der Waals surface area contributed by atoms with Gasteiger partial charge in [0.25, 0.3) is 0 Å². The van der Waals surface area contributed by atoms with Crippen LogP contribution in [0.1, 0.15) is 5.56 Å². The van der Waals surface area contributed by atoms with Crippen molar-refractivity contribution in [2.45, 2.75) is 6.18 Å². The molecule has 8 heteroatoms. The highest BCUT2D eigenvalue weighted by Crippen LogP contribution is 2.39. The van der Waals surface area contributed by atoms with E-state index in [0.717, 1.165) is 6.07 Å². The molecule has 0 unspecified atom stereocenters. The Morgan fingerprint density at radius 2 is 2.00 bits per heavy atom. The number of halogens is 5. The van der Waals surface area contributed by atoms with E-state index in [2.05, 4.69) is 4.74 Å². The molecule has 0 saturated carbocycles. The Hall–Kier alpha value is -1.32. The summed E-state index contributed by atoms with van der Waals surface area (Å²) in [4.78, 5) is 0. The van der Waals surface area contributed by atoms with Gasteiger partial charge in [0.2, 0.25) is 0 Å². The molecule has 0 bridgehead atoms. The molecule has 0 fully saturated rings. The molecule has 1 aromatic carbocycles. The summed E-state index contributed by atoms with van der Waals surface area (Å²) in [6.45, 7) is -1.55. The summed E-state index contributed by atoms with van der Waals surface area (Å²) in [7, 11) is 0. The van der Waals surface area contributed by atoms with Gasteiger partial charge >= 0.3 is 6.18 Å². The molecule has 0 aromatic heterocycles. The van der Waals surface area contributed by atoms with Crippen molar-refractivity contribution in [1.82, 2.24) is 0 Å². The van der Waals surface area contributed by atoms with Crippen LogP contribution in [0, 0.1) is 11.3 Å². The number of rotatable bonds is 2. The molecule has 92 valence electrons. The Morgan fingerprint density at radius 1 is 1.41 bits per heavy atom. The zero-order chi connectivity index (χ0) is 13.2. The molecule has 0 aliphatic heterocycles. The number of anilines is 1. The highest BCUT2D eigenvalue weighted by molar-refractivity contribution is 6.38. The Bertz CT molecular complexity index is 483. The lowest BCUT2D eigenvalue weighted by atomic mass is 10.2. The van der Waals surface area contributed by atoms with Crippen LogP contribution in [0.15, 0.2) is 6.07 Å². The maximum absolute atomic E-state index is 12.0. The minimum atomic E-state index is -4.53. The van der Waals surface area contributed by atoms with Crippen molar-refractivity contribution < 1.29 is 17.9 Å². The van der Waals surface area contributed by atoms with Crippen LogP contribution in [0.3, 0.4) is 0 Å². The smallest absolute Gasteiger partial charge is 0.422 e. The average Bonchev–Trinajstić information content (AvgIpc) is 2.15. The van der Waals surface area contributed by atoms with Gasteiger partial charge in [0.1, 0.15) is 11.1 Å². The van der Waals surface area contributed by atoms with Crippen molar-refractivity contribution in [3.05, 3.63) is 21.7 Å². The van der Waals surface area contributed by atoms with Crippen LogP contribution in [0.4, 0.5) is 18.9 Å². The predicted octanol–water partition coefficient (Wildman–Crippen LogP) is 3.39. The number of alkyl halides is 3. The van der Waals surface area contributed by atoms with Gasteiger partial charge in [-0.05, 0) is 6.07 Å². The van der Waals surface area contributed by atoms with E-state index < -0.39 is 18.5 Å². The first kappa shape index (κ1) is 13.7. The zero-order valence-corrected chi connectivity index (χ0v) is 9.62. The van der Waals surface area contributed by atoms with E-state index in [1.165, 1.54) is 0 Å². The van der Waals surface area contributed by atoms with E-state index in [4.69, 9.17) is 34.2 Å². The summed E-state index contributed by atoms with van der Waals surface area (Å²) >= 11 is 11.3. The Kier molecular flexibility index (Phi) is 3.96. The third-order valence-electron chi connectivity index (χ3n) is 1.70. The van der Waals surface area contributed by atoms with Gasteiger partial charge in [0.15, 0.2) is 12.4 Å². The molecule has 0 amide bonds. The third-order valence-corrected chi connectivity index (χ3v) is 2.34. The Labute approximate surface area is 104 Å². The molecule has 3 nitrogen and oxygen atoms in total. The third kappa shape index (κ3) is 3.32. The van der Waals surface area contributed by atoms with Gasteiger partial charge in [-0.25, -0.2) is 0 Å². The van der Waals surface area contributed by atoms with Crippen LogP contribution in [0.2, 0.25) is 10.0 Å². The first-order chi connectivity index (χ1) is 7.76. The molecule has 0 aliphatic rings. The first-order valence-electron chi connectivity index (χ1n) is 4.13. The second-order valence-corrected chi connectivity index (χ2v) is 3.77. The monoisotopic (exact) mass is 284 g/mol. The van der Waals surface area contributed by atoms with E-state index >= 15 is 0 Å². The molecular formula is C9H5Cl2F3N2O. The van der Waals surface area contributed by atoms with Crippen LogP contribution < -0.4 is 10.5 Å². The molecular weight excluding hydrogens is 280 g/mol. The number of nitrogens with two attached hydrogens (primary N) is 1. The maximum Gasteiger partial charge on any atom is 0.422 e. The lowest BCUT2D eigenvalue weighted by Gasteiger charge is -2.13. The van der Waals surface area contributed by atoms with Crippen LogP contribution in [-0.2, 0) is 0 Å². The van der Waals surface area contributed by atoms with Crippen molar-refractivity contribution in [3.8, 4) is 11.8 Å². The first-order valence-corrected chi connectivity index (χ1v) is 4.89. The number of nitrogens with zero attached hydrogens (tertiary/aromatic N) is 1. The summed E-state index contributed by atoms with van der Waals surface area (Å²) in [5.74, 6) is -0.406. The van der Waals surface area contributed by atoms with E-state index in [9.17, 15) is 13.2 Å². The second-order valence-electron chi connectivity index (χ2n) is 2.98. The number of ether oxygens (including phenoxy) is 1. The summed E-state index contributed by atoms with van der Waals surface area (Å²) in [5.41, 5.74) is 5.22. The molecule has 0 aliphatic carbocycles. The molecule has 17 heavy (non-hydrogen) atoms. The molecule has 1 rings (SSSR count). The van der Waals surface area contributed by atoms with Crippen molar-refractivity contribution in [3.63, 3.8) is 0 Å². The van der Waals surface area contributed by atoms with Gasteiger partial charge in [0, 0.05) is 0 Å². The molecule has 0 radical (unpaired) electrons. The van der Waals surface area contributed by atoms with Crippen molar-refractivity contribution >= 4 is 28.9 Å². The highest BCUT2D eigenvalue weighted by Gasteiger charge is 2.29. The van der Waals surface area contributed by atoms with Crippen LogP contribution in [-0.4, -0.2) is 12.8 Å². The molecule has 0 saturated heterocycles. The van der Waals surface area contributed by atoms with Crippen LogP contribution in [0.5, 0.6) is 5.75 Å². The lowest BCUT2D eigenvalue weighted by molar-refractivity contribution is -0.153. The van der Waals surface area contributed by atoms with Crippen molar-refractivity contribution in [2.75, 3.05) is 12.3 Å². The lowest BCUT2D eigenvalue weighted by Crippen LogP contribution is -2.19. The fraction of sp³-hybridized carbons (Fsp3) is 0.222. The largest absolute Gasteiger partial charge is 0.481 e. The fourth-order valence-corrected chi connectivity index (χ4v) is 1.64. The van der Waals surface area contributed by atoms with Gasteiger partial charge in [0.05, 0.1) is 16.3 Å². The minimum Gasteiger partial charge on any atom is -0.481 e. The number of hydrogen-bond donors (Lipinski definition) is 1. The SMILES string of the molecule is N#Cc1c(N)cc(Cl)c(OCC(F)(F)F)c1Cl. The molecule has 0 spiro atoms. The van der Waals surface area contributed by atoms with Crippen molar-refractivity contribution in [2.24, 2.45) is 0 Å². The molecule has 2 N–H and O–H groups in total. The summed E-state index contributed by atoms with van der Waals surface area (Å²) in [6.07, 6.45) is -4.53. The highest BCUT2D eigenvalue weighted by atomic mass is 35.5. The van der Waals surface area contributed by atoms with Crippen LogP contribution in [0.25, 0.3) is 0 Å². The van der Waals surface area contributed by atoms with Gasteiger partial charge in [-0.15, -0.1) is 0 Å². The zero-order valence-electron chi connectivity index (χ0n) is 8.11. The van der Waals surface area contributed by atoms with E-state index in [1.54, 1.807) is 6.07 Å². The average molecular weight is 285 g/mol. The van der Waals surface area contributed by atoms with E-state index in [0.29, 0.717) is 0 Å². The number of nitriles is 1. The number of benzene rings is 1. The number of nitrogen functional groups attached to an aromatic ring is 1. The predicted molar refractivity (Wildman–Crippen MR) is 57.1 cm³/mol. The van der Waals surface area contributed by atoms with E-state index in [1.807, 2.05) is 0 Å². The summed E-state index contributed by atoms with van der Waals surface area (Å²) in [6, 6.07) is 2.76. The fourth-order valence-electron chi connectivity index (χ4n) is 1.02. The van der Waals surface area contributed by atoms with Crippen molar-refractivity contribution in [1.29, 1.82) is 5.26 Å². The normalized spacial score (nSPS) is 11.1. The summed E-state index contributed by atoms with van der Waals surface area (Å²) < 4.78 is 40.3. The van der Waals surface area contributed by atoms with Gasteiger partial charge in [-0.2, -0.15) is 18.4 Å². The van der Waals surface area contributed by atoms with Gasteiger partial charge in [-0.1, -0.05) is 23.2 Å². The number of hydrogen-bond acceptors (Lipinski definition) is 3. The molecule has 0 heterocycles. The topological polar surface area (TPSA) is 59.0 Å².